The summed E-state index contributed by atoms with van der Waals surface area (Å²) in [5, 5.41) is 0. The molecule has 1 saturated carbocycles. The van der Waals surface area contributed by atoms with Crippen molar-refractivity contribution >= 4 is 21.6 Å². The topological polar surface area (TPSA) is 46.6 Å². The van der Waals surface area contributed by atoms with Crippen molar-refractivity contribution in [1.29, 1.82) is 0 Å². The van der Waals surface area contributed by atoms with Gasteiger partial charge in [-0.2, -0.15) is 0 Å². The van der Waals surface area contributed by atoms with Crippen molar-refractivity contribution in [1.82, 2.24) is 4.31 Å². The zero-order valence-corrected chi connectivity index (χ0v) is 14.1. The van der Waals surface area contributed by atoms with Crippen LogP contribution in [-0.2, 0) is 16.4 Å². The summed E-state index contributed by atoms with van der Waals surface area (Å²) in [6, 6.07) is 5.06. The number of sulfonamides is 1. The number of halogens is 1. The Bertz CT molecular complexity index is 585. The first-order valence-corrected chi connectivity index (χ1v) is 9.15. The Balaban J connectivity index is 2.28. The van der Waals surface area contributed by atoms with Crippen LogP contribution in [0.5, 0.6) is 5.75 Å². The zero-order valence-electron chi connectivity index (χ0n) is 12.5. The monoisotopic (exact) mass is 331 g/mol. The van der Waals surface area contributed by atoms with E-state index in [1.165, 1.54) is 10.7 Å². The molecule has 0 bridgehead atoms. The van der Waals surface area contributed by atoms with Crippen LogP contribution in [0.15, 0.2) is 23.1 Å². The van der Waals surface area contributed by atoms with Crippen molar-refractivity contribution in [2.75, 3.05) is 26.6 Å². The number of alkyl halides is 1. The highest BCUT2D eigenvalue weighted by Crippen LogP contribution is 2.30. The molecule has 1 aromatic carbocycles. The predicted octanol–water partition coefficient (Wildman–Crippen LogP) is 2.90. The summed E-state index contributed by atoms with van der Waals surface area (Å²) in [6.07, 6.45) is 3.96. The second-order valence-electron chi connectivity index (χ2n) is 5.50. The average molecular weight is 332 g/mol. The molecule has 21 heavy (non-hydrogen) atoms. The van der Waals surface area contributed by atoms with Gasteiger partial charge in [-0.05, 0) is 48.9 Å². The van der Waals surface area contributed by atoms with E-state index >= 15 is 0 Å². The number of methoxy groups -OCH3 is 1. The van der Waals surface area contributed by atoms with Crippen LogP contribution in [0.3, 0.4) is 0 Å². The summed E-state index contributed by atoms with van der Waals surface area (Å²) in [5.74, 6) is 1.53. The van der Waals surface area contributed by atoms with Gasteiger partial charge in [0.15, 0.2) is 0 Å². The minimum absolute atomic E-state index is 0.339. The van der Waals surface area contributed by atoms with Crippen LogP contribution in [0.1, 0.15) is 24.8 Å². The standard InChI is InChI=1S/C15H22ClNO3S/c1-17(11-12-4-3-5-12)21(18,19)15-7-6-14(20-2)10-13(15)8-9-16/h6-7,10,12H,3-5,8-9,11H2,1-2H3. The van der Waals surface area contributed by atoms with E-state index < -0.39 is 10.0 Å². The van der Waals surface area contributed by atoms with Crippen molar-refractivity contribution < 1.29 is 13.2 Å². The molecular formula is C15H22ClNO3S. The molecule has 1 aromatic rings. The third-order valence-corrected chi connectivity index (χ3v) is 6.17. The van der Waals surface area contributed by atoms with Crippen LogP contribution in [0, 0.1) is 5.92 Å². The fourth-order valence-electron chi connectivity index (χ4n) is 2.54. The third kappa shape index (κ3) is 3.71. The Morgan fingerprint density at radius 2 is 2.10 bits per heavy atom. The zero-order chi connectivity index (χ0) is 15.5. The van der Waals surface area contributed by atoms with Gasteiger partial charge in [-0.3, -0.25) is 0 Å². The number of aryl methyl sites for hydroxylation is 1. The first-order chi connectivity index (χ1) is 9.98. The van der Waals surface area contributed by atoms with Gasteiger partial charge in [0, 0.05) is 19.5 Å². The van der Waals surface area contributed by atoms with Gasteiger partial charge in [-0.1, -0.05) is 6.42 Å². The van der Waals surface area contributed by atoms with Crippen molar-refractivity contribution in [2.24, 2.45) is 5.92 Å². The van der Waals surface area contributed by atoms with Gasteiger partial charge in [0.1, 0.15) is 5.75 Å². The minimum Gasteiger partial charge on any atom is -0.497 e. The first kappa shape index (κ1) is 16.6. The van der Waals surface area contributed by atoms with Crippen LogP contribution in [0.25, 0.3) is 0 Å². The number of nitrogens with zero attached hydrogens (tertiary/aromatic N) is 1. The maximum Gasteiger partial charge on any atom is 0.243 e. The molecule has 0 spiro atoms. The summed E-state index contributed by atoms with van der Waals surface area (Å²) in [7, 11) is -0.248. The largest absolute Gasteiger partial charge is 0.497 e. The summed E-state index contributed by atoms with van der Waals surface area (Å²) in [5.41, 5.74) is 0.713. The van der Waals surface area contributed by atoms with Crippen LogP contribution < -0.4 is 4.74 Å². The molecule has 1 fully saturated rings. The number of hydrogen-bond donors (Lipinski definition) is 0. The molecule has 0 amide bonds. The Hall–Kier alpha value is -0.780. The molecule has 0 atom stereocenters. The second-order valence-corrected chi connectivity index (χ2v) is 7.89. The van der Waals surface area contributed by atoms with Crippen molar-refractivity contribution in [2.45, 2.75) is 30.6 Å². The summed E-state index contributed by atoms with van der Waals surface area (Å²) in [6.45, 7) is 0.592. The van der Waals surface area contributed by atoms with Gasteiger partial charge < -0.3 is 4.74 Å². The molecule has 118 valence electrons. The minimum atomic E-state index is -3.47. The Morgan fingerprint density at radius 1 is 1.38 bits per heavy atom. The van der Waals surface area contributed by atoms with E-state index in [9.17, 15) is 8.42 Å². The second kappa shape index (κ2) is 6.99. The van der Waals surface area contributed by atoms with Crippen LogP contribution in [0.4, 0.5) is 0 Å². The van der Waals surface area contributed by atoms with Gasteiger partial charge in [0.05, 0.1) is 12.0 Å². The molecule has 6 heteroatoms. The normalized spacial score (nSPS) is 16.0. The van der Waals surface area contributed by atoms with Gasteiger partial charge in [0.25, 0.3) is 0 Å². The van der Waals surface area contributed by atoms with E-state index in [-0.39, 0.29) is 0 Å². The molecule has 0 N–H and O–H groups in total. The molecule has 2 rings (SSSR count). The molecule has 0 unspecified atom stereocenters. The van der Waals surface area contributed by atoms with Crippen molar-refractivity contribution in [3.05, 3.63) is 23.8 Å². The first-order valence-electron chi connectivity index (χ1n) is 7.18. The van der Waals surface area contributed by atoms with Gasteiger partial charge >= 0.3 is 0 Å². The van der Waals surface area contributed by atoms with Crippen LogP contribution >= 0.6 is 11.6 Å². The highest BCUT2D eigenvalue weighted by Gasteiger charge is 2.28. The van der Waals surface area contributed by atoms with Crippen LogP contribution in [-0.4, -0.2) is 39.3 Å². The molecule has 4 nitrogen and oxygen atoms in total. The predicted molar refractivity (Wildman–Crippen MR) is 84.6 cm³/mol. The number of hydrogen-bond acceptors (Lipinski definition) is 3. The van der Waals surface area contributed by atoms with Gasteiger partial charge in [-0.25, -0.2) is 12.7 Å². The molecule has 0 aliphatic heterocycles. The van der Waals surface area contributed by atoms with E-state index in [0.29, 0.717) is 41.0 Å². The number of rotatable bonds is 7. The highest BCUT2D eigenvalue weighted by molar-refractivity contribution is 7.89. The molecule has 0 heterocycles. The molecular weight excluding hydrogens is 310 g/mol. The lowest BCUT2D eigenvalue weighted by atomic mass is 9.86. The molecule has 1 aliphatic rings. The van der Waals surface area contributed by atoms with Crippen molar-refractivity contribution in [3.8, 4) is 5.75 Å². The summed E-state index contributed by atoms with van der Waals surface area (Å²) < 4.78 is 32.1. The third-order valence-electron chi connectivity index (χ3n) is 4.06. The van der Waals surface area contributed by atoms with E-state index in [1.807, 2.05) is 0 Å². The molecule has 0 radical (unpaired) electrons. The lowest BCUT2D eigenvalue weighted by Crippen LogP contribution is -2.34. The quantitative estimate of drug-likeness (QED) is 0.722. The fourth-order valence-corrected chi connectivity index (χ4v) is 4.22. The Morgan fingerprint density at radius 3 is 2.62 bits per heavy atom. The van der Waals surface area contributed by atoms with Gasteiger partial charge in [0.2, 0.25) is 10.0 Å². The molecule has 0 aromatic heterocycles. The molecule has 0 saturated heterocycles. The maximum atomic E-state index is 12.7. The van der Waals surface area contributed by atoms with Crippen molar-refractivity contribution in [3.63, 3.8) is 0 Å². The fraction of sp³-hybridized carbons (Fsp3) is 0.600. The number of benzene rings is 1. The lowest BCUT2D eigenvalue weighted by Gasteiger charge is -2.30. The summed E-state index contributed by atoms with van der Waals surface area (Å²) in [4.78, 5) is 0.339. The van der Waals surface area contributed by atoms with Crippen LogP contribution in [0.2, 0.25) is 0 Å². The highest BCUT2D eigenvalue weighted by atomic mass is 35.5. The Kier molecular flexibility index (Phi) is 5.52. The van der Waals surface area contributed by atoms with E-state index in [2.05, 4.69) is 0 Å². The average Bonchev–Trinajstić information content (AvgIpc) is 2.42. The SMILES string of the molecule is COc1ccc(S(=O)(=O)N(C)CC2CCC2)c(CCCl)c1. The van der Waals surface area contributed by atoms with E-state index in [1.54, 1.807) is 32.4 Å². The van der Waals surface area contributed by atoms with E-state index in [0.717, 1.165) is 12.8 Å². The smallest absolute Gasteiger partial charge is 0.243 e. The number of ether oxygens (including phenoxy) is 1. The van der Waals surface area contributed by atoms with E-state index in [4.69, 9.17) is 16.3 Å². The van der Waals surface area contributed by atoms with Gasteiger partial charge in [-0.15, -0.1) is 11.6 Å². The maximum absolute atomic E-state index is 12.7. The Labute approximate surface area is 132 Å². The molecule has 1 aliphatic carbocycles. The lowest BCUT2D eigenvalue weighted by molar-refractivity contribution is 0.263. The summed E-state index contributed by atoms with van der Waals surface area (Å²) >= 11 is 5.80.